The summed E-state index contributed by atoms with van der Waals surface area (Å²) in [6.45, 7) is 0.632. The Kier molecular flexibility index (Phi) is 2.87. The van der Waals surface area contributed by atoms with Crippen LogP contribution >= 0.6 is 0 Å². The highest BCUT2D eigenvalue weighted by Gasteiger charge is 2.33. The number of rotatable bonds is 2. The fourth-order valence-corrected chi connectivity index (χ4v) is 2.52. The molecule has 0 radical (unpaired) electrons. The number of aliphatic carboxylic acids is 1. The van der Waals surface area contributed by atoms with E-state index in [0.717, 1.165) is 17.5 Å². The summed E-state index contributed by atoms with van der Waals surface area (Å²) in [5.41, 5.74) is 1.93. The van der Waals surface area contributed by atoms with Gasteiger partial charge < -0.3 is 10.0 Å². The molecule has 1 aliphatic heterocycles. The van der Waals surface area contributed by atoms with Crippen molar-refractivity contribution in [2.45, 2.75) is 12.5 Å². The quantitative estimate of drug-likeness (QED) is 0.884. The zero-order chi connectivity index (χ0) is 13.2. The van der Waals surface area contributed by atoms with Crippen molar-refractivity contribution < 1.29 is 9.90 Å². The van der Waals surface area contributed by atoms with Gasteiger partial charge in [-0.1, -0.05) is 24.3 Å². The van der Waals surface area contributed by atoms with E-state index in [1.54, 1.807) is 23.5 Å². The van der Waals surface area contributed by atoms with Crippen LogP contribution in [-0.4, -0.2) is 27.6 Å². The van der Waals surface area contributed by atoms with E-state index >= 15 is 0 Å². The molecule has 0 amide bonds. The van der Waals surface area contributed by atoms with Gasteiger partial charge in [0.2, 0.25) is 0 Å². The zero-order valence-corrected chi connectivity index (χ0v) is 10.2. The predicted molar refractivity (Wildman–Crippen MR) is 69.9 cm³/mol. The Morgan fingerprint density at radius 1 is 1.32 bits per heavy atom. The minimum Gasteiger partial charge on any atom is -0.479 e. The number of anilines is 1. The normalized spacial score (nSPS) is 17.9. The van der Waals surface area contributed by atoms with Crippen molar-refractivity contribution in [3.05, 3.63) is 54.0 Å². The van der Waals surface area contributed by atoms with Crippen molar-refractivity contribution in [1.29, 1.82) is 0 Å². The Morgan fingerprint density at radius 2 is 2.16 bits per heavy atom. The number of hydrogen-bond acceptors (Lipinski definition) is 4. The van der Waals surface area contributed by atoms with Gasteiger partial charge >= 0.3 is 5.97 Å². The number of benzene rings is 1. The number of aromatic nitrogens is 2. The molecule has 0 saturated heterocycles. The van der Waals surface area contributed by atoms with Crippen molar-refractivity contribution in [1.82, 2.24) is 9.97 Å². The van der Waals surface area contributed by atoms with Crippen LogP contribution in [0.4, 0.5) is 5.82 Å². The first-order chi connectivity index (χ1) is 9.27. The minimum atomic E-state index is -0.863. The second kappa shape index (κ2) is 4.68. The molecule has 1 aromatic carbocycles. The fraction of sp³-hybridized carbons (Fsp3) is 0.214. The van der Waals surface area contributed by atoms with Gasteiger partial charge in [0.25, 0.3) is 0 Å². The Hall–Kier alpha value is -2.43. The van der Waals surface area contributed by atoms with Crippen LogP contribution in [0.3, 0.4) is 0 Å². The largest absolute Gasteiger partial charge is 0.479 e. The summed E-state index contributed by atoms with van der Waals surface area (Å²) in [5, 5.41) is 9.53. The molecule has 96 valence electrons. The lowest BCUT2D eigenvalue weighted by Gasteiger charge is -2.35. The van der Waals surface area contributed by atoms with Gasteiger partial charge in [0.15, 0.2) is 6.04 Å². The molecule has 5 nitrogen and oxygen atoms in total. The number of carboxylic acid groups (broad SMARTS) is 1. The van der Waals surface area contributed by atoms with E-state index in [1.807, 2.05) is 24.3 Å². The van der Waals surface area contributed by atoms with Gasteiger partial charge in [0, 0.05) is 18.9 Å². The van der Waals surface area contributed by atoms with E-state index in [0.29, 0.717) is 12.4 Å². The van der Waals surface area contributed by atoms with Crippen LogP contribution in [0.15, 0.2) is 42.9 Å². The molecular formula is C14H13N3O2. The Bertz CT molecular complexity index is 601. The van der Waals surface area contributed by atoms with E-state index in [4.69, 9.17) is 0 Å². The third kappa shape index (κ3) is 2.03. The molecule has 2 aromatic rings. The number of fused-ring (bicyclic) bond motifs is 1. The highest BCUT2D eigenvalue weighted by atomic mass is 16.4. The first-order valence-electron chi connectivity index (χ1n) is 6.10. The molecule has 0 aliphatic carbocycles. The molecule has 0 spiro atoms. The molecular weight excluding hydrogens is 242 g/mol. The van der Waals surface area contributed by atoms with E-state index in [9.17, 15) is 9.90 Å². The average Bonchev–Trinajstić information content (AvgIpc) is 2.46. The van der Waals surface area contributed by atoms with Gasteiger partial charge in [0.05, 0.1) is 6.20 Å². The standard InChI is InChI=1S/C14H13N3O2/c18-14(19)13-11-4-2-1-3-10(11)5-8-17(13)12-9-15-6-7-16-12/h1-4,6-7,9,13H,5,8H2,(H,18,19). The summed E-state index contributed by atoms with van der Waals surface area (Å²) >= 11 is 0. The van der Waals surface area contributed by atoms with Crippen molar-refractivity contribution in [2.75, 3.05) is 11.4 Å². The second-order valence-electron chi connectivity index (χ2n) is 4.45. The predicted octanol–water partition coefficient (Wildman–Crippen LogP) is 1.66. The van der Waals surface area contributed by atoms with Crippen molar-refractivity contribution >= 4 is 11.8 Å². The maximum atomic E-state index is 11.6. The smallest absolute Gasteiger partial charge is 0.331 e. The van der Waals surface area contributed by atoms with Crippen LogP contribution in [0.25, 0.3) is 0 Å². The summed E-state index contributed by atoms with van der Waals surface area (Å²) in [6, 6.07) is 6.97. The summed E-state index contributed by atoms with van der Waals surface area (Å²) in [6.07, 6.45) is 5.58. The molecule has 0 bridgehead atoms. The van der Waals surface area contributed by atoms with Crippen LogP contribution in [-0.2, 0) is 11.2 Å². The molecule has 1 aliphatic rings. The first-order valence-corrected chi connectivity index (χ1v) is 6.10. The van der Waals surface area contributed by atoms with E-state index < -0.39 is 12.0 Å². The zero-order valence-electron chi connectivity index (χ0n) is 10.2. The van der Waals surface area contributed by atoms with Gasteiger partial charge in [-0.2, -0.15) is 0 Å². The van der Waals surface area contributed by atoms with Crippen LogP contribution in [0.1, 0.15) is 17.2 Å². The number of hydrogen-bond donors (Lipinski definition) is 1. The number of nitrogens with zero attached hydrogens (tertiary/aromatic N) is 3. The van der Waals surface area contributed by atoms with Gasteiger partial charge in [-0.05, 0) is 17.5 Å². The Labute approximate surface area is 110 Å². The highest BCUT2D eigenvalue weighted by Crippen LogP contribution is 2.32. The fourth-order valence-electron chi connectivity index (χ4n) is 2.52. The lowest BCUT2D eigenvalue weighted by molar-refractivity contribution is -0.138. The van der Waals surface area contributed by atoms with Gasteiger partial charge in [-0.3, -0.25) is 4.98 Å². The lowest BCUT2D eigenvalue weighted by Crippen LogP contribution is -2.40. The summed E-state index contributed by atoms with van der Waals surface area (Å²) in [4.78, 5) is 21.6. The highest BCUT2D eigenvalue weighted by molar-refractivity contribution is 5.80. The van der Waals surface area contributed by atoms with E-state index in [2.05, 4.69) is 9.97 Å². The van der Waals surface area contributed by atoms with Crippen LogP contribution in [0.2, 0.25) is 0 Å². The molecule has 3 rings (SSSR count). The van der Waals surface area contributed by atoms with Gasteiger partial charge in [-0.15, -0.1) is 0 Å². The average molecular weight is 255 g/mol. The summed E-state index contributed by atoms with van der Waals surface area (Å²) in [5.74, 6) is -0.262. The third-order valence-electron chi connectivity index (χ3n) is 3.36. The molecule has 1 N–H and O–H groups in total. The third-order valence-corrected chi connectivity index (χ3v) is 3.36. The number of carboxylic acids is 1. The van der Waals surface area contributed by atoms with Crippen molar-refractivity contribution in [3.8, 4) is 0 Å². The molecule has 0 fully saturated rings. The topological polar surface area (TPSA) is 66.3 Å². The maximum absolute atomic E-state index is 11.6. The molecule has 5 heteroatoms. The maximum Gasteiger partial charge on any atom is 0.331 e. The number of carbonyl (C=O) groups is 1. The van der Waals surface area contributed by atoms with Crippen LogP contribution < -0.4 is 4.90 Å². The summed E-state index contributed by atoms with van der Waals surface area (Å²) < 4.78 is 0. The Balaban J connectivity index is 2.06. The molecule has 2 heterocycles. The first kappa shape index (κ1) is 11.6. The van der Waals surface area contributed by atoms with Crippen molar-refractivity contribution in [2.24, 2.45) is 0 Å². The minimum absolute atomic E-state index is 0.601. The molecule has 0 saturated carbocycles. The molecule has 1 atom stereocenters. The monoisotopic (exact) mass is 255 g/mol. The van der Waals surface area contributed by atoms with E-state index in [-0.39, 0.29) is 0 Å². The molecule has 1 unspecified atom stereocenters. The van der Waals surface area contributed by atoms with E-state index in [1.165, 1.54) is 0 Å². The van der Waals surface area contributed by atoms with Crippen LogP contribution in [0, 0.1) is 0 Å². The lowest BCUT2D eigenvalue weighted by atomic mass is 9.92. The van der Waals surface area contributed by atoms with Gasteiger partial charge in [0.1, 0.15) is 5.82 Å². The second-order valence-corrected chi connectivity index (χ2v) is 4.45. The molecule has 1 aromatic heterocycles. The Morgan fingerprint density at radius 3 is 2.89 bits per heavy atom. The van der Waals surface area contributed by atoms with Gasteiger partial charge in [-0.25, -0.2) is 9.78 Å². The van der Waals surface area contributed by atoms with Crippen LogP contribution in [0.5, 0.6) is 0 Å². The van der Waals surface area contributed by atoms with Crippen molar-refractivity contribution in [3.63, 3.8) is 0 Å². The SMILES string of the molecule is O=C(O)C1c2ccccc2CCN1c1cnccn1. The molecule has 19 heavy (non-hydrogen) atoms. The summed E-state index contributed by atoms with van der Waals surface area (Å²) in [7, 11) is 0.